The minimum Gasteiger partial charge on any atom is -0.198 e. The van der Waals surface area contributed by atoms with Gasteiger partial charge in [0.2, 0.25) is 0 Å². The fourth-order valence-electron chi connectivity index (χ4n) is 8.12. The molecule has 0 radical (unpaired) electrons. The van der Waals surface area contributed by atoms with Gasteiger partial charge in [0.15, 0.2) is 0 Å². The van der Waals surface area contributed by atoms with Crippen molar-refractivity contribution < 1.29 is 0 Å². The van der Waals surface area contributed by atoms with Crippen LogP contribution >= 0.6 is 0 Å². The van der Waals surface area contributed by atoms with Crippen LogP contribution in [0.2, 0.25) is 0 Å². The maximum Gasteiger partial charge on any atom is 0.0621 e. The molecular weight excluding hydrogens is 278 g/mol. The van der Waals surface area contributed by atoms with Crippen LogP contribution in [0, 0.1) is 51.8 Å². The number of nitriles is 1. The van der Waals surface area contributed by atoms with Crippen LogP contribution in [0.4, 0.5) is 0 Å². The van der Waals surface area contributed by atoms with Crippen molar-refractivity contribution in [2.24, 2.45) is 40.4 Å². The fourth-order valence-corrected chi connectivity index (χ4v) is 8.12. The summed E-state index contributed by atoms with van der Waals surface area (Å²) in [5.74, 6) is 4.89. The van der Waals surface area contributed by atoms with Gasteiger partial charge in [-0.05, 0) is 98.2 Å². The van der Waals surface area contributed by atoms with Gasteiger partial charge >= 0.3 is 0 Å². The minimum atomic E-state index is 0.565. The maximum atomic E-state index is 9.01. The molecule has 0 aromatic heterocycles. The molecule has 0 aromatic rings. The fraction of sp³-hybridized carbons (Fsp3) is 0.955. The van der Waals surface area contributed by atoms with E-state index in [0.717, 1.165) is 36.0 Å². The topological polar surface area (TPSA) is 23.8 Å². The Labute approximate surface area is 143 Å². The van der Waals surface area contributed by atoms with E-state index in [1.807, 2.05) is 0 Å². The number of fused-ring (bicyclic) bond motifs is 5. The van der Waals surface area contributed by atoms with Gasteiger partial charge in [0.25, 0.3) is 0 Å². The van der Waals surface area contributed by atoms with Crippen LogP contribution in [0.15, 0.2) is 0 Å². The van der Waals surface area contributed by atoms with Gasteiger partial charge in [-0.15, -0.1) is 0 Å². The SMILES string of the molecule is C[C@]12CCCC[C@H]1CC[C@@H]1[C@@H]2CC[C@]2(C)[C@@H](CCC#N)CC[C@@H]12. The smallest absolute Gasteiger partial charge is 0.0621 e. The Kier molecular flexibility index (Phi) is 4.02. The van der Waals surface area contributed by atoms with Gasteiger partial charge in [0.1, 0.15) is 0 Å². The molecule has 0 bridgehead atoms. The summed E-state index contributed by atoms with van der Waals surface area (Å²) in [6.45, 7) is 5.29. The third-order valence-electron chi connectivity index (χ3n) is 9.38. The monoisotopic (exact) mass is 313 g/mol. The van der Waals surface area contributed by atoms with Gasteiger partial charge in [-0.3, -0.25) is 0 Å². The summed E-state index contributed by atoms with van der Waals surface area (Å²) in [6.07, 6.45) is 16.8. The van der Waals surface area contributed by atoms with Crippen LogP contribution in [0.1, 0.15) is 90.9 Å². The Hall–Kier alpha value is -0.510. The van der Waals surface area contributed by atoms with E-state index in [1.54, 1.807) is 0 Å². The zero-order valence-corrected chi connectivity index (χ0v) is 15.3. The van der Waals surface area contributed by atoms with Gasteiger partial charge in [0, 0.05) is 6.42 Å². The molecule has 0 aromatic carbocycles. The van der Waals surface area contributed by atoms with E-state index in [9.17, 15) is 0 Å². The summed E-state index contributed by atoms with van der Waals surface area (Å²) in [5.41, 5.74) is 1.24. The summed E-state index contributed by atoms with van der Waals surface area (Å²) < 4.78 is 0. The lowest BCUT2D eigenvalue weighted by atomic mass is 9.45. The number of rotatable bonds is 2. The summed E-state index contributed by atoms with van der Waals surface area (Å²) in [5, 5.41) is 9.01. The Morgan fingerprint density at radius 3 is 2.52 bits per heavy atom. The summed E-state index contributed by atoms with van der Waals surface area (Å²) in [4.78, 5) is 0. The zero-order chi connectivity index (χ0) is 16.1. The molecule has 0 aliphatic heterocycles. The Morgan fingerprint density at radius 2 is 1.70 bits per heavy atom. The summed E-state index contributed by atoms with van der Waals surface area (Å²) in [6, 6.07) is 2.41. The highest BCUT2D eigenvalue weighted by atomic mass is 14.6. The predicted octanol–water partition coefficient (Wildman–Crippen LogP) is 6.34. The number of hydrogen-bond acceptors (Lipinski definition) is 1. The molecule has 0 saturated heterocycles. The minimum absolute atomic E-state index is 0.565. The molecule has 4 aliphatic carbocycles. The zero-order valence-electron chi connectivity index (χ0n) is 15.3. The Bertz CT molecular complexity index is 491. The average molecular weight is 314 g/mol. The lowest BCUT2D eigenvalue weighted by Gasteiger charge is -2.60. The van der Waals surface area contributed by atoms with Crippen LogP contribution in [0.3, 0.4) is 0 Å². The summed E-state index contributed by atoms with van der Waals surface area (Å²) >= 11 is 0. The molecule has 1 heteroatoms. The first kappa shape index (κ1) is 16.0. The molecule has 23 heavy (non-hydrogen) atoms. The molecule has 0 amide bonds. The highest BCUT2D eigenvalue weighted by Gasteiger charge is 2.59. The van der Waals surface area contributed by atoms with Gasteiger partial charge in [-0.2, -0.15) is 5.26 Å². The van der Waals surface area contributed by atoms with Crippen molar-refractivity contribution in [3.05, 3.63) is 0 Å². The Balaban J connectivity index is 1.57. The molecule has 4 fully saturated rings. The third-order valence-corrected chi connectivity index (χ3v) is 9.38. The molecule has 7 atom stereocenters. The normalized spacial score (nSPS) is 52.1. The van der Waals surface area contributed by atoms with E-state index in [-0.39, 0.29) is 0 Å². The van der Waals surface area contributed by atoms with Gasteiger partial charge in [0.05, 0.1) is 6.07 Å². The second-order valence-electron chi connectivity index (χ2n) is 9.92. The molecule has 128 valence electrons. The lowest BCUT2D eigenvalue weighted by molar-refractivity contribution is -0.111. The molecule has 4 saturated carbocycles. The number of nitrogens with zero attached hydrogens (tertiary/aromatic N) is 1. The third kappa shape index (κ3) is 2.31. The molecule has 0 heterocycles. The Morgan fingerprint density at radius 1 is 0.870 bits per heavy atom. The van der Waals surface area contributed by atoms with Gasteiger partial charge in [-0.25, -0.2) is 0 Å². The quantitative estimate of drug-likeness (QED) is 0.583. The number of hydrogen-bond donors (Lipinski definition) is 0. The highest BCUT2D eigenvalue weighted by molar-refractivity contribution is 5.08. The van der Waals surface area contributed by atoms with Crippen molar-refractivity contribution in [3.63, 3.8) is 0 Å². The maximum absolute atomic E-state index is 9.01. The molecule has 0 N–H and O–H groups in total. The van der Waals surface area contributed by atoms with Crippen LogP contribution in [-0.2, 0) is 0 Å². The summed E-state index contributed by atoms with van der Waals surface area (Å²) in [7, 11) is 0. The molecule has 0 unspecified atom stereocenters. The standard InChI is InChI=1S/C22H35N/c1-21-13-4-3-6-16(21)8-10-18-19-11-9-17(7-5-15-23)22(19,2)14-12-20(18)21/h16-20H,3-14H2,1-2H3/t16-,17-,18-,19-,20-,21-,22+/m0/s1. The first-order chi connectivity index (χ1) is 11.1. The second-order valence-corrected chi connectivity index (χ2v) is 9.92. The molecule has 4 rings (SSSR count). The molecular formula is C22H35N. The van der Waals surface area contributed by atoms with Crippen LogP contribution in [0.25, 0.3) is 0 Å². The van der Waals surface area contributed by atoms with Crippen molar-refractivity contribution >= 4 is 0 Å². The van der Waals surface area contributed by atoms with Crippen molar-refractivity contribution in [2.75, 3.05) is 0 Å². The van der Waals surface area contributed by atoms with Crippen molar-refractivity contribution in [3.8, 4) is 6.07 Å². The van der Waals surface area contributed by atoms with E-state index in [1.165, 1.54) is 70.6 Å². The van der Waals surface area contributed by atoms with Crippen LogP contribution < -0.4 is 0 Å². The highest BCUT2D eigenvalue weighted by Crippen LogP contribution is 2.67. The first-order valence-electron chi connectivity index (χ1n) is 10.5. The van der Waals surface area contributed by atoms with E-state index in [2.05, 4.69) is 19.9 Å². The van der Waals surface area contributed by atoms with Crippen molar-refractivity contribution in [1.29, 1.82) is 5.26 Å². The van der Waals surface area contributed by atoms with E-state index in [0.29, 0.717) is 10.8 Å². The molecule has 1 nitrogen and oxygen atoms in total. The van der Waals surface area contributed by atoms with Gasteiger partial charge < -0.3 is 0 Å². The largest absolute Gasteiger partial charge is 0.198 e. The molecule has 4 aliphatic rings. The molecule has 0 spiro atoms. The van der Waals surface area contributed by atoms with E-state index in [4.69, 9.17) is 5.26 Å². The van der Waals surface area contributed by atoms with Crippen molar-refractivity contribution in [2.45, 2.75) is 90.9 Å². The average Bonchev–Trinajstić information content (AvgIpc) is 2.89. The van der Waals surface area contributed by atoms with Crippen LogP contribution in [0.5, 0.6) is 0 Å². The van der Waals surface area contributed by atoms with E-state index < -0.39 is 0 Å². The predicted molar refractivity (Wildman–Crippen MR) is 94.7 cm³/mol. The van der Waals surface area contributed by atoms with Crippen molar-refractivity contribution in [1.82, 2.24) is 0 Å². The van der Waals surface area contributed by atoms with E-state index >= 15 is 0 Å². The first-order valence-corrected chi connectivity index (χ1v) is 10.5. The van der Waals surface area contributed by atoms with Gasteiger partial charge in [-0.1, -0.05) is 26.7 Å². The lowest BCUT2D eigenvalue weighted by Crippen LogP contribution is -2.52. The van der Waals surface area contributed by atoms with Crippen LogP contribution in [-0.4, -0.2) is 0 Å². The second kappa shape index (κ2) is 5.79.